The first kappa shape index (κ1) is 16.3. The fourth-order valence-electron chi connectivity index (χ4n) is 1.64. The lowest BCUT2D eigenvalue weighted by molar-refractivity contribution is 0.0947. The maximum atomic E-state index is 12.1. The van der Waals surface area contributed by atoms with Gasteiger partial charge < -0.3 is 14.8 Å². The number of nitrogens with one attached hydrogen (secondary N) is 1. The van der Waals surface area contributed by atoms with Gasteiger partial charge in [-0.2, -0.15) is 0 Å². The molecule has 1 rings (SSSR count). The topological polar surface area (TPSA) is 108 Å². The van der Waals surface area contributed by atoms with E-state index < -0.39 is 15.9 Å². The van der Waals surface area contributed by atoms with Crippen LogP contribution >= 0.6 is 0 Å². The molecule has 0 bridgehead atoms. The number of hydrogen-bond donors (Lipinski definition) is 2. The molecule has 0 atom stereocenters. The van der Waals surface area contributed by atoms with Gasteiger partial charge in [-0.25, -0.2) is 13.6 Å². The van der Waals surface area contributed by atoms with Crippen LogP contribution in [0.3, 0.4) is 0 Å². The van der Waals surface area contributed by atoms with Crippen LogP contribution < -0.4 is 19.9 Å². The van der Waals surface area contributed by atoms with E-state index in [-0.39, 0.29) is 24.3 Å². The number of methoxy groups -OCH3 is 2. The van der Waals surface area contributed by atoms with E-state index in [9.17, 15) is 13.2 Å². The van der Waals surface area contributed by atoms with E-state index in [1.165, 1.54) is 14.2 Å². The van der Waals surface area contributed by atoms with Crippen LogP contribution in [0.1, 0.15) is 16.8 Å². The number of carbonyl (C=O) groups excluding carboxylic acids is 1. The number of amides is 1. The van der Waals surface area contributed by atoms with Gasteiger partial charge in [0.2, 0.25) is 10.0 Å². The fraction of sp³-hybridized carbons (Fsp3) is 0.417. The van der Waals surface area contributed by atoms with E-state index in [4.69, 9.17) is 14.6 Å². The van der Waals surface area contributed by atoms with Gasteiger partial charge in [0.05, 0.1) is 20.0 Å². The highest BCUT2D eigenvalue weighted by atomic mass is 32.2. The number of ether oxygens (including phenoxy) is 2. The standard InChI is InChI=1S/C12H18N2O5S/c1-18-9-5-3-6-10(19-2)11(9)12(15)14-7-4-8-20(13,16)17/h3,5-6H,4,7-8H2,1-2H3,(H,14,15)(H2,13,16,17). The summed E-state index contributed by atoms with van der Waals surface area (Å²) in [6.45, 7) is 0.191. The number of carbonyl (C=O) groups is 1. The molecule has 0 unspecified atom stereocenters. The highest BCUT2D eigenvalue weighted by molar-refractivity contribution is 7.89. The number of hydrogen-bond acceptors (Lipinski definition) is 5. The lowest BCUT2D eigenvalue weighted by Crippen LogP contribution is -2.28. The van der Waals surface area contributed by atoms with Gasteiger partial charge in [-0.3, -0.25) is 4.79 Å². The third-order valence-electron chi connectivity index (χ3n) is 2.55. The molecule has 0 heterocycles. The van der Waals surface area contributed by atoms with Gasteiger partial charge in [0.1, 0.15) is 17.1 Å². The van der Waals surface area contributed by atoms with Crippen molar-refractivity contribution in [3.05, 3.63) is 23.8 Å². The van der Waals surface area contributed by atoms with E-state index in [2.05, 4.69) is 5.32 Å². The zero-order valence-electron chi connectivity index (χ0n) is 11.4. The summed E-state index contributed by atoms with van der Waals surface area (Å²) in [5, 5.41) is 7.48. The van der Waals surface area contributed by atoms with Crippen molar-refractivity contribution in [2.24, 2.45) is 5.14 Å². The summed E-state index contributed by atoms with van der Waals surface area (Å²) >= 11 is 0. The number of rotatable bonds is 7. The lowest BCUT2D eigenvalue weighted by atomic mass is 10.1. The average molecular weight is 302 g/mol. The molecule has 0 saturated heterocycles. The Kier molecular flexibility index (Phi) is 5.78. The third-order valence-corrected chi connectivity index (χ3v) is 3.40. The van der Waals surface area contributed by atoms with E-state index >= 15 is 0 Å². The highest BCUT2D eigenvalue weighted by Crippen LogP contribution is 2.27. The second-order valence-electron chi connectivity index (χ2n) is 4.01. The van der Waals surface area contributed by atoms with Crippen LogP contribution in [-0.4, -0.2) is 40.8 Å². The van der Waals surface area contributed by atoms with Gasteiger partial charge in [0, 0.05) is 6.54 Å². The molecule has 3 N–H and O–H groups in total. The summed E-state index contributed by atoms with van der Waals surface area (Å²) in [6.07, 6.45) is 0.238. The van der Waals surface area contributed by atoms with Gasteiger partial charge in [-0.05, 0) is 18.6 Å². The molecule has 0 aliphatic carbocycles. The largest absolute Gasteiger partial charge is 0.496 e. The molecule has 1 aromatic rings. The van der Waals surface area contributed by atoms with Crippen molar-refractivity contribution in [3.8, 4) is 11.5 Å². The number of benzene rings is 1. The molecule has 7 nitrogen and oxygen atoms in total. The number of primary sulfonamides is 1. The first-order valence-electron chi connectivity index (χ1n) is 5.88. The van der Waals surface area contributed by atoms with Crippen LogP contribution in [0.2, 0.25) is 0 Å². The predicted octanol–water partition coefficient (Wildman–Crippen LogP) is 0.112. The maximum absolute atomic E-state index is 12.1. The van der Waals surface area contributed by atoms with Crippen molar-refractivity contribution in [1.29, 1.82) is 0 Å². The highest BCUT2D eigenvalue weighted by Gasteiger charge is 2.17. The van der Waals surface area contributed by atoms with Crippen LogP contribution in [0.4, 0.5) is 0 Å². The average Bonchev–Trinajstić information content (AvgIpc) is 2.41. The zero-order valence-corrected chi connectivity index (χ0v) is 12.2. The minimum Gasteiger partial charge on any atom is -0.496 e. The van der Waals surface area contributed by atoms with Crippen LogP contribution in [0, 0.1) is 0 Å². The molecular formula is C12H18N2O5S. The number of sulfonamides is 1. The Bertz CT molecular complexity index is 549. The van der Waals surface area contributed by atoms with Gasteiger partial charge in [-0.15, -0.1) is 0 Å². The first-order chi connectivity index (χ1) is 9.39. The summed E-state index contributed by atoms with van der Waals surface area (Å²) in [5.41, 5.74) is 0.271. The molecule has 0 aliphatic rings. The minimum atomic E-state index is -3.51. The summed E-state index contributed by atoms with van der Waals surface area (Å²) in [7, 11) is -0.611. The monoisotopic (exact) mass is 302 g/mol. The van der Waals surface area contributed by atoms with Crippen molar-refractivity contribution >= 4 is 15.9 Å². The summed E-state index contributed by atoms with van der Waals surface area (Å²) < 4.78 is 31.8. The zero-order chi connectivity index (χ0) is 15.2. The van der Waals surface area contributed by atoms with Crippen LogP contribution in [0.15, 0.2) is 18.2 Å². The van der Waals surface area contributed by atoms with Crippen LogP contribution in [0.25, 0.3) is 0 Å². The Hall–Kier alpha value is -1.80. The predicted molar refractivity (Wildman–Crippen MR) is 74.5 cm³/mol. The summed E-state index contributed by atoms with van der Waals surface area (Å²) in [4.78, 5) is 12.1. The van der Waals surface area contributed by atoms with Gasteiger partial charge in [0.25, 0.3) is 5.91 Å². The molecule has 0 aliphatic heterocycles. The third kappa shape index (κ3) is 4.71. The molecule has 1 amide bonds. The van der Waals surface area contributed by atoms with Gasteiger partial charge in [0.15, 0.2) is 0 Å². The molecular weight excluding hydrogens is 284 g/mol. The van der Waals surface area contributed by atoms with E-state index in [1.807, 2.05) is 0 Å². The molecule has 0 saturated carbocycles. The summed E-state index contributed by atoms with van der Waals surface area (Å²) in [6, 6.07) is 4.99. The Labute approximate surface area is 118 Å². The Morgan fingerprint density at radius 1 is 1.25 bits per heavy atom. The number of nitrogens with two attached hydrogens (primary N) is 1. The van der Waals surface area contributed by atoms with E-state index in [0.29, 0.717) is 11.5 Å². The van der Waals surface area contributed by atoms with Crippen molar-refractivity contribution in [3.63, 3.8) is 0 Å². The smallest absolute Gasteiger partial charge is 0.258 e. The normalized spacial score (nSPS) is 10.9. The molecule has 0 fully saturated rings. The molecule has 8 heteroatoms. The van der Waals surface area contributed by atoms with Crippen molar-refractivity contribution in [2.75, 3.05) is 26.5 Å². The molecule has 20 heavy (non-hydrogen) atoms. The van der Waals surface area contributed by atoms with E-state index in [1.54, 1.807) is 18.2 Å². The Balaban J connectivity index is 2.72. The lowest BCUT2D eigenvalue weighted by Gasteiger charge is -2.12. The molecule has 0 spiro atoms. The molecule has 0 aromatic heterocycles. The van der Waals surface area contributed by atoms with E-state index in [0.717, 1.165) is 0 Å². The molecule has 0 radical (unpaired) electrons. The van der Waals surface area contributed by atoms with Crippen molar-refractivity contribution < 1.29 is 22.7 Å². The van der Waals surface area contributed by atoms with Gasteiger partial charge >= 0.3 is 0 Å². The molecule has 112 valence electrons. The maximum Gasteiger partial charge on any atom is 0.258 e. The van der Waals surface area contributed by atoms with Crippen molar-refractivity contribution in [2.45, 2.75) is 6.42 Å². The van der Waals surface area contributed by atoms with Crippen molar-refractivity contribution in [1.82, 2.24) is 5.32 Å². The second-order valence-corrected chi connectivity index (χ2v) is 5.75. The Morgan fingerprint density at radius 3 is 2.25 bits per heavy atom. The first-order valence-corrected chi connectivity index (χ1v) is 7.60. The fourth-order valence-corrected chi connectivity index (χ4v) is 2.19. The quantitative estimate of drug-likeness (QED) is 0.695. The van der Waals surface area contributed by atoms with Crippen LogP contribution in [0.5, 0.6) is 11.5 Å². The molecule has 1 aromatic carbocycles. The minimum absolute atomic E-state index is 0.184. The Morgan fingerprint density at radius 2 is 1.80 bits per heavy atom. The summed E-state index contributed by atoms with van der Waals surface area (Å²) in [5.74, 6) is 0.186. The van der Waals surface area contributed by atoms with Gasteiger partial charge in [-0.1, -0.05) is 6.07 Å². The van der Waals surface area contributed by atoms with Crippen LogP contribution in [-0.2, 0) is 10.0 Å². The SMILES string of the molecule is COc1cccc(OC)c1C(=O)NCCCS(N)(=O)=O. The second kappa shape index (κ2) is 7.11.